The molecule has 0 aliphatic rings. The third kappa shape index (κ3) is 3.39. The molecule has 0 spiro atoms. The number of nitrogens with one attached hydrogen (secondary N) is 1. The molecular weight excluding hydrogens is 224 g/mol. The van der Waals surface area contributed by atoms with Gasteiger partial charge in [0.05, 0.1) is 11.0 Å². The zero-order valence-corrected chi connectivity index (χ0v) is 9.00. The first kappa shape index (κ1) is 12.9. The van der Waals surface area contributed by atoms with Crippen molar-refractivity contribution in [1.82, 2.24) is 5.32 Å². The molecule has 17 heavy (non-hydrogen) atoms. The Morgan fingerprint density at radius 2 is 2.24 bits per heavy atom. The van der Waals surface area contributed by atoms with Crippen LogP contribution in [0.2, 0.25) is 0 Å². The molecule has 1 rings (SSSR count). The Morgan fingerprint density at radius 1 is 1.59 bits per heavy atom. The molecule has 1 aromatic carbocycles. The first-order chi connectivity index (χ1) is 8.06. The monoisotopic (exact) mass is 236 g/mol. The molecule has 1 unspecified atom stereocenters. The number of benzene rings is 1. The van der Waals surface area contributed by atoms with Gasteiger partial charge >= 0.3 is 0 Å². The maximum Gasteiger partial charge on any atom is 0.282 e. The van der Waals surface area contributed by atoms with E-state index in [0.29, 0.717) is 0 Å². The highest BCUT2D eigenvalue weighted by Gasteiger charge is 2.18. The number of nitro groups is 1. The van der Waals surface area contributed by atoms with Crippen molar-refractivity contribution >= 4 is 11.6 Å². The van der Waals surface area contributed by atoms with E-state index in [9.17, 15) is 14.9 Å². The van der Waals surface area contributed by atoms with E-state index in [0.717, 1.165) is 0 Å². The lowest BCUT2D eigenvalue weighted by molar-refractivity contribution is -0.385. The summed E-state index contributed by atoms with van der Waals surface area (Å²) >= 11 is 0. The first-order valence-corrected chi connectivity index (χ1v) is 4.88. The molecule has 0 aromatic heterocycles. The van der Waals surface area contributed by atoms with E-state index in [4.69, 9.17) is 5.11 Å². The average Bonchev–Trinajstić information content (AvgIpc) is 2.35. The second kappa shape index (κ2) is 5.76. The second-order valence-electron chi connectivity index (χ2n) is 3.29. The zero-order valence-electron chi connectivity index (χ0n) is 9.00. The summed E-state index contributed by atoms with van der Waals surface area (Å²) in [5, 5.41) is 22.2. The van der Waals surface area contributed by atoms with Gasteiger partial charge in [-0.1, -0.05) is 18.2 Å². The Hall–Kier alpha value is -2.21. The quantitative estimate of drug-likeness (QED) is 0.450. The van der Waals surface area contributed by atoms with Crippen LogP contribution in [0.3, 0.4) is 0 Å². The van der Waals surface area contributed by atoms with Gasteiger partial charge in [-0.05, 0) is 6.07 Å². The first-order valence-electron chi connectivity index (χ1n) is 4.88. The summed E-state index contributed by atoms with van der Waals surface area (Å²) < 4.78 is 0. The van der Waals surface area contributed by atoms with Gasteiger partial charge in [-0.2, -0.15) is 0 Å². The molecule has 0 heterocycles. The molecule has 0 fully saturated rings. The molecule has 1 aromatic rings. The van der Waals surface area contributed by atoms with E-state index in [2.05, 4.69) is 11.9 Å². The third-order valence-corrected chi connectivity index (χ3v) is 2.09. The van der Waals surface area contributed by atoms with E-state index >= 15 is 0 Å². The van der Waals surface area contributed by atoms with Crippen molar-refractivity contribution in [2.75, 3.05) is 6.54 Å². The maximum atomic E-state index is 11.6. The molecule has 1 atom stereocenters. The number of carbonyl (C=O) groups is 1. The molecular formula is C11H12N2O4. The Bertz CT molecular complexity index is 445. The number of amides is 1. The highest BCUT2D eigenvalue weighted by Crippen LogP contribution is 2.17. The molecule has 0 bridgehead atoms. The van der Waals surface area contributed by atoms with E-state index in [-0.39, 0.29) is 17.8 Å². The SMILES string of the molecule is C=CC(O)CNC(=O)c1ccccc1[N+](=O)[O-]. The van der Waals surface area contributed by atoms with Gasteiger partial charge in [0.25, 0.3) is 11.6 Å². The highest BCUT2D eigenvalue weighted by atomic mass is 16.6. The Kier molecular flexibility index (Phi) is 4.36. The van der Waals surface area contributed by atoms with Crippen molar-refractivity contribution in [2.24, 2.45) is 0 Å². The summed E-state index contributed by atoms with van der Waals surface area (Å²) in [5.74, 6) is -0.599. The lowest BCUT2D eigenvalue weighted by atomic mass is 10.1. The molecule has 6 nitrogen and oxygen atoms in total. The van der Waals surface area contributed by atoms with Gasteiger partial charge in [-0.3, -0.25) is 14.9 Å². The third-order valence-electron chi connectivity index (χ3n) is 2.09. The Labute approximate surface area is 97.7 Å². The number of para-hydroxylation sites is 1. The highest BCUT2D eigenvalue weighted by molar-refractivity contribution is 5.98. The maximum absolute atomic E-state index is 11.6. The van der Waals surface area contributed by atoms with Crippen molar-refractivity contribution in [3.05, 3.63) is 52.6 Å². The average molecular weight is 236 g/mol. The normalized spacial score (nSPS) is 11.6. The second-order valence-corrected chi connectivity index (χ2v) is 3.29. The van der Waals surface area contributed by atoms with Crippen molar-refractivity contribution in [1.29, 1.82) is 0 Å². The van der Waals surface area contributed by atoms with Crippen LogP contribution in [0.25, 0.3) is 0 Å². The van der Waals surface area contributed by atoms with Crippen LogP contribution in [-0.4, -0.2) is 28.6 Å². The van der Waals surface area contributed by atoms with Gasteiger partial charge in [-0.15, -0.1) is 6.58 Å². The summed E-state index contributed by atoms with van der Waals surface area (Å²) in [4.78, 5) is 21.7. The minimum Gasteiger partial charge on any atom is -0.387 e. The van der Waals surface area contributed by atoms with Crippen molar-refractivity contribution in [3.8, 4) is 0 Å². The van der Waals surface area contributed by atoms with Gasteiger partial charge in [0, 0.05) is 12.6 Å². The standard InChI is InChI=1S/C11H12N2O4/c1-2-8(14)7-12-11(15)9-5-3-4-6-10(9)13(16)17/h2-6,8,14H,1,7H2,(H,12,15). The lowest BCUT2D eigenvalue weighted by Crippen LogP contribution is -2.31. The summed E-state index contributed by atoms with van der Waals surface area (Å²) in [6.07, 6.45) is 0.390. The predicted molar refractivity (Wildman–Crippen MR) is 61.6 cm³/mol. The molecule has 0 aliphatic carbocycles. The molecule has 0 saturated carbocycles. The largest absolute Gasteiger partial charge is 0.387 e. The number of hydrogen-bond acceptors (Lipinski definition) is 4. The van der Waals surface area contributed by atoms with Gasteiger partial charge in [-0.25, -0.2) is 0 Å². The number of nitrogens with zero attached hydrogens (tertiary/aromatic N) is 1. The van der Waals surface area contributed by atoms with Crippen LogP contribution in [0.4, 0.5) is 5.69 Å². The summed E-state index contributed by atoms with van der Waals surface area (Å²) in [6, 6.07) is 5.62. The van der Waals surface area contributed by atoms with Gasteiger partial charge in [0.1, 0.15) is 5.56 Å². The predicted octanol–water partition coefficient (Wildman–Crippen LogP) is 0.871. The molecule has 2 N–H and O–H groups in total. The van der Waals surface area contributed by atoms with Crippen LogP contribution in [0.5, 0.6) is 0 Å². The summed E-state index contributed by atoms with van der Waals surface area (Å²) in [5.41, 5.74) is -0.299. The van der Waals surface area contributed by atoms with Gasteiger partial charge in [0.15, 0.2) is 0 Å². The Balaban J connectivity index is 2.82. The minimum absolute atomic E-state index is 0.0334. The number of hydrogen-bond donors (Lipinski definition) is 2. The smallest absolute Gasteiger partial charge is 0.282 e. The number of carbonyl (C=O) groups excluding carboxylic acids is 1. The fourth-order valence-electron chi connectivity index (χ4n) is 1.20. The van der Waals surface area contributed by atoms with E-state index in [1.165, 1.54) is 30.3 Å². The van der Waals surface area contributed by atoms with Crippen LogP contribution >= 0.6 is 0 Å². The minimum atomic E-state index is -0.873. The van der Waals surface area contributed by atoms with E-state index in [1.807, 2.05) is 0 Å². The molecule has 6 heteroatoms. The molecule has 1 amide bonds. The van der Waals surface area contributed by atoms with Gasteiger partial charge < -0.3 is 10.4 Å². The molecule has 0 aliphatic heterocycles. The van der Waals surface area contributed by atoms with E-state index in [1.54, 1.807) is 0 Å². The molecule has 0 radical (unpaired) electrons. The van der Waals surface area contributed by atoms with Gasteiger partial charge in [0.2, 0.25) is 0 Å². The molecule has 0 saturated heterocycles. The Morgan fingerprint density at radius 3 is 2.82 bits per heavy atom. The van der Waals surface area contributed by atoms with Crippen molar-refractivity contribution in [3.63, 3.8) is 0 Å². The van der Waals surface area contributed by atoms with Crippen LogP contribution < -0.4 is 5.32 Å². The number of aliphatic hydroxyl groups is 1. The van der Waals surface area contributed by atoms with Crippen LogP contribution in [-0.2, 0) is 0 Å². The summed E-state index contributed by atoms with van der Waals surface area (Å²) in [6.45, 7) is 3.31. The van der Waals surface area contributed by atoms with Crippen molar-refractivity contribution in [2.45, 2.75) is 6.10 Å². The van der Waals surface area contributed by atoms with Crippen LogP contribution in [0.1, 0.15) is 10.4 Å². The van der Waals surface area contributed by atoms with Crippen LogP contribution in [0.15, 0.2) is 36.9 Å². The number of rotatable bonds is 5. The van der Waals surface area contributed by atoms with Crippen molar-refractivity contribution < 1.29 is 14.8 Å². The summed E-state index contributed by atoms with van der Waals surface area (Å²) in [7, 11) is 0. The van der Waals surface area contributed by atoms with E-state index < -0.39 is 16.9 Å². The van der Waals surface area contributed by atoms with Crippen LogP contribution in [0, 0.1) is 10.1 Å². The topological polar surface area (TPSA) is 92.5 Å². The zero-order chi connectivity index (χ0) is 12.8. The lowest BCUT2D eigenvalue weighted by Gasteiger charge is -2.07. The fraction of sp³-hybridized carbons (Fsp3) is 0.182. The molecule has 90 valence electrons. The fourth-order valence-corrected chi connectivity index (χ4v) is 1.20. The number of aliphatic hydroxyl groups excluding tert-OH is 1. The number of nitro benzene ring substituents is 1.